The molecule has 2 N–H and O–H groups in total. The van der Waals surface area contributed by atoms with Crippen LogP contribution in [0.1, 0.15) is 31.2 Å². The van der Waals surface area contributed by atoms with Crippen molar-refractivity contribution in [3.63, 3.8) is 0 Å². The van der Waals surface area contributed by atoms with Crippen LogP contribution < -0.4 is 9.47 Å². The molecule has 0 amide bonds. The second-order valence-electron chi connectivity index (χ2n) is 4.58. The van der Waals surface area contributed by atoms with E-state index in [4.69, 9.17) is 14.6 Å². The van der Waals surface area contributed by atoms with Gasteiger partial charge < -0.3 is 19.7 Å². The Morgan fingerprint density at radius 2 is 1.94 bits per heavy atom. The van der Waals surface area contributed by atoms with E-state index in [1.54, 1.807) is 0 Å². The van der Waals surface area contributed by atoms with E-state index >= 15 is 0 Å². The van der Waals surface area contributed by atoms with Gasteiger partial charge >= 0.3 is 0 Å². The highest BCUT2D eigenvalue weighted by Gasteiger charge is 2.18. The van der Waals surface area contributed by atoms with Crippen LogP contribution in [0.3, 0.4) is 0 Å². The minimum Gasteiger partial charge on any atom is -0.486 e. The number of hydrogen-bond acceptors (Lipinski definition) is 4. The standard InChI is InChI=1S/C14H20O4/c1-2-10(7-12(16)9-15)11-3-4-13-14(8-11)18-6-5-17-13/h3-4,8,10,12,15-16H,2,5-7,9H2,1H3. The normalized spacial score (nSPS) is 17.3. The number of aliphatic hydroxyl groups excluding tert-OH is 2. The maximum atomic E-state index is 9.55. The minimum absolute atomic E-state index is 0.193. The molecule has 0 fully saturated rings. The molecular formula is C14H20O4. The fraction of sp³-hybridized carbons (Fsp3) is 0.571. The molecule has 2 atom stereocenters. The first-order valence-electron chi connectivity index (χ1n) is 6.43. The van der Waals surface area contributed by atoms with Crippen LogP contribution in [-0.4, -0.2) is 36.1 Å². The molecule has 0 bridgehead atoms. The van der Waals surface area contributed by atoms with Gasteiger partial charge in [-0.2, -0.15) is 0 Å². The van der Waals surface area contributed by atoms with Crippen LogP contribution >= 0.6 is 0 Å². The zero-order chi connectivity index (χ0) is 13.0. The smallest absolute Gasteiger partial charge is 0.161 e. The zero-order valence-corrected chi connectivity index (χ0v) is 10.6. The van der Waals surface area contributed by atoms with Gasteiger partial charge in [-0.05, 0) is 36.5 Å². The third-order valence-corrected chi connectivity index (χ3v) is 3.30. The summed E-state index contributed by atoms with van der Waals surface area (Å²) in [6.07, 6.45) is 0.812. The lowest BCUT2D eigenvalue weighted by atomic mass is 9.90. The molecule has 2 unspecified atom stereocenters. The third kappa shape index (κ3) is 2.94. The summed E-state index contributed by atoms with van der Waals surface area (Å²) in [5.41, 5.74) is 1.12. The van der Waals surface area contributed by atoms with Gasteiger partial charge in [0.15, 0.2) is 11.5 Å². The van der Waals surface area contributed by atoms with Crippen molar-refractivity contribution in [1.82, 2.24) is 0 Å². The Balaban J connectivity index is 2.15. The van der Waals surface area contributed by atoms with Gasteiger partial charge in [-0.15, -0.1) is 0 Å². The van der Waals surface area contributed by atoms with Gasteiger partial charge in [-0.3, -0.25) is 0 Å². The molecule has 100 valence electrons. The molecule has 18 heavy (non-hydrogen) atoms. The van der Waals surface area contributed by atoms with Crippen molar-refractivity contribution in [2.45, 2.75) is 31.8 Å². The van der Waals surface area contributed by atoms with E-state index in [9.17, 15) is 5.11 Å². The number of rotatable bonds is 5. The predicted octanol–water partition coefficient (Wildman–Crippen LogP) is 1.69. The summed E-state index contributed by atoms with van der Waals surface area (Å²) in [4.78, 5) is 0. The quantitative estimate of drug-likeness (QED) is 0.837. The zero-order valence-electron chi connectivity index (χ0n) is 10.6. The molecule has 0 aromatic heterocycles. The first-order valence-corrected chi connectivity index (χ1v) is 6.43. The second-order valence-corrected chi connectivity index (χ2v) is 4.58. The van der Waals surface area contributed by atoms with Gasteiger partial charge in [0.2, 0.25) is 0 Å². The third-order valence-electron chi connectivity index (χ3n) is 3.30. The summed E-state index contributed by atoms with van der Waals surface area (Å²) in [6.45, 7) is 3.05. The van der Waals surface area contributed by atoms with Gasteiger partial charge in [0.25, 0.3) is 0 Å². The number of ether oxygens (including phenoxy) is 2. The molecule has 0 aliphatic carbocycles. The van der Waals surface area contributed by atoms with Gasteiger partial charge in [-0.1, -0.05) is 13.0 Å². The largest absolute Gasteiger partial charge is 0.486 e. The summed E-state index contributed by atoms with van der Waals surface area (Å²) in [5, 5.41) is 18.5. The lowest BCUT2D eigenvalue weighted by Crippen LogP contribution is -2.17. The summed E-state index contributed by atoms with van der Waals surface area (Å²) < 4.78 is 11.0. The maximum Gasteiger partial charge on any atom is 0.161 e. The minimum atomic E-state index is -0.664. The number of hydrogen-bond donors (Lipinski definition) is 2. The Morgan fingerprint density at radius 3 is 2.61 bits per heavy atom. The molecule has 1 aromatic carbocycles. The molecule has 0 saturated carbocycles. The highest BCUT2D eigenvalue weighted by Crippen LogP contribution is 2.35. The molecule has 0 radical (unpaired) electrons. The van der Waals surface area contributed by atoms with Crippen molar-refractivity contribution in [3.8, 4) is 11.5 Å². The Labute approximate surface area is 107 Å². The van der Waals surface area contributed by atoms with Crippen LogP contribution in [0, 0.1) is 0 Å². The molecular weight excluding hydrogens is 232 g/mol. The van der Waals surface area contributed by atoms with Gasteiger partial charge in [0.05, 0.1) is 12.7 Å². The molecule has 4 nitrogen and oxygen atoms in total. The number of fused-ring (bicyclic) bond motifs is 1. The lowest BCUT2D eigenvalue weighted by Gasteiger charge is -2.22. The van der Waals surface area contributed by atoms with Gasteiger partial charge in [0.1, 0.15) is 13.2 Å². The lowest BCUT2D eigenvalue weighted by molar-refractivity contribution is 0.0817. The van der Waals surface area contributed by atoms with Crippen LogP contribution in [-0.2, 0) is 0 Å². The van der Waals surface area contributed by atoms with E-state index in [0.717, 1.165) is 23.5 Å². The van der Waals surface area contributed by atoms with Crippen LogP contribution in [0.25, 0.3) is 0 Å². The second kappa shape index (κ2) is 6.07. The first-order chi connectivity index (χ1) is 8.74. The van der Waals surface area contributed by atoms with Crippen molar-refractivity contribution < 1.29 is 19.7 Å². The molecule has 1 aliphatic heterocycles. The molecule has 0 saturated heterocycles. The molecule has 4 heteroatoms. The highest BCUT2D eigenvalue weighted by molar-refractivity contribution is 5.44. The summed E-state index contributed by atoms with van der Waals surface area (Å²) in [6, 6.07) is 5.90. The molecule has 2 rings (SSSR count). The topological polar surface area (TPSA) is 58.9 Å². The van der Waals surface area contributed by atoms with Crippen LogP contribution in [0.4, 0.5) is 0 Å². The maximum absolute atomic E-state index is 9.55. The van der Waals surface area contributed by atoms with E-state index in [1.165, 1.54) is 0 Å². The molecule has 1 heterocycles. The van der Waals surface area contributed by atoms with Crippen molar-refractivity contribution in [2.75, 3.05) is 19.8 Å². The van der Waals surface area contributed by atoms with E-state index in [1.807, 2.05) is 18.2 Å². The molecule has 1 aliphatic rings. The highest BCUT2D eigenvalue weighted by atomic mass is 16.6. The van der Waals surface area contributed by atoms with Crippen molar-refractivity contribution in [3.05, 3.63) is 23.8 Å². The SMILES string of the molecule is CCC(CC(O)CO)c1ccc2c(c1)OCCO2. The Morgan fingerprint density at radius 1 is 1.22 bits per heavy atom. The van der Waals surface area contributed by atoms with E-state index < -0.39 is 6.10 Å². The van der Waals surface area contributed by atoms with Crippen LogP contribution in [0.15, 0.2) is 18.2 Å². The van der Waals surface area contributed by atoms with Crippen molar-refractivity contribution in [2.24, 2.45) is 0 Å². The Kier molecular flexibility index (Phi) is 4.44. The number of aliphatic hydroxyl groups is 2. The molecule has 0 spiro atoms. The van der Waals surface area contributed by atoms with Gasteiger partial charge in [-0.25, -0.2) is 0 Å². The summed E-state index contributed by atoms with van der Waals surface area (Å²) in [7, 11) is 0. The summed E-state index contributed by atoms with van der Waals surface area (Å²) >= 11 is 0. The monoisotopic (exact) mass is 252 g/mol. The Hall–Kier alpha value is -1.26. The Bertz CT molecular complexity index is 391. The van der Waals surface area contributed by atoms with Crippen molar-refractivity contribution >= 4 is 0 Å². The van der Waals surface area contributed by atoms with Gasteiger partial charge in [0, 0.05) is 0 Å². The first kappa shape index (κ1) is 13.2. The van der Waals surface area contributed by atoms with Crippen molar-refractivity contribution in [1.29, 1.82) is 0 Å². The van der Waals surface area contributed by atoms with Crippen LogP contribution in [0.5, 0.6) is 11.5 Å². The average molecular weight is 252 g/mol. The fourth-order valence-electron chi connectivity index (χ4n) is 2.26. The predicted molar refractivity (Wildman–Crippen MR) is 68.2 cm³/mol. The fourth-order valence-corrected chi connectivity index (χ4v) is 2.26. The summed E-state index contributed by atoms with van der Waals surface area (Å²) in [5.74, 6) is 1.78. The van der Waals surface area contributed by atoms with E-state index in [0.29, 0.717) is 19.6 Å². The van der Waals surface area contributed by atoms with E-state index in [-0.39, 0.29) is 12.5 Å². The number of benzene rings is 1. The molecule has 1 aromatic rings. The average Bonchev–Trinajstić information content (AvgIpc) is 2.44. The van der Waals surface area contributed by atoms with Crippen LogP contribution in [0.2, 0.25) is 0 Å². The van der Waals surface area contributed by atoms with E-state index in [2.05, 4.69) is 6.92 Å².